The smallest absolute Gasteiger partial charge is 0.130 e. The molecule has 0 heterocycles. The summed E-state index contributed by atoms with van der Waals surface area (Å²) in [6, 6.07) is 11.7. The number of hydrogen-bond acceptors (Lipinski definition) is 0. The van der Waals surface area contributed by atoms with Crippen LogP contribution in [0.25, 0.3) is 0 Å². The van der Waals surface area contributed by atoms with Crippen LogP contribution in [0.4, 0.5) is 8.78 Å². The second-order valence-electron chi connectivity index (χ2n) is 4.85. The Morgan fingerprint density at radius 1 is 0.895 bits per heavy atom. The van der Waals surface area contributed by atoms with E-state index >= 15 is 0 Å². The molecule has 0 fully saturated rings. The number of rotatable bonds is 3. The first kappa shape index (κ1) is 14.2. The molecule has 0 saturated heterocycles. The van der Waals surface area contributed by atoms with Crippen LogP contribution in [-0.2, 0) is 0 Å². The second-order valence-corrected chi connectivity index (χ2v) is 5.77. The maximum atomic E-state index is 13.7. The maximum absolute atomic E-state index is 13.7. The molecule has 2 aromatic rings. The van der Waals surface area contributed by atoms with Crippen LogP contribution < -0.4 is 0 Å². The Morgan fingerprint density at radius 3 is 2.00 bits per heavy atom. The quantitative estimate of drug-likeness (QED) is 0.647. The van der Waals surface area contributed by atoms with E-state index in [4.69, 9.17) is 0 Å². The van der Waals surface area contributed by atoms with Crippen LogP contribution in [0.2, 0.25) is 0 Å². The summed E-state index contributed by atoms with van der Waals surface area (Å²) >= 11 is 3.47. The Hall–Kier alpha value is -1.22. The Bertz CT molecular complexity index is 561. The van der Waals surface area contributed by atoms with Gasteiger partial charge in [-0.3, -0.25) is 0 Å². The fourth-order valence-electron chi connectivity index (χ4n) is 1.94. The molecule has 0 N–H and O–H groups in total. The molecule has 0 bridgehead atoms. The van der Waals surface area contributed by atoms with Crippen LogP contribution in [0.1, 0.15) is 41.3 Å². The van der Waals surface area contributed by atoms with Crippen molar-refractivity contribution in [1.82, 2.24) is 0 Å². The lowest BCUT2D eigenvalue weighted by molar-refractivity contribution is 0.574. The zero-order valence-corrected chi connectivity index (χ0v) is 12.4. The zero-order chi connectivity index (χ0) is 14.0. The van der Waals surface area contributed by atoms with Gasteiger partial charge in [-0.05, 0) is 23.1 Å². The largest absolute Gasteiger partial charge is 0.207 e. The summed E-state index contributed by atoms with van der Waals surface area (Å²) in [5.74, 6) is -0.628. The summed E-state index contributed by atoms with van der Waals surface area (Å²) in [7, 11) is 0. The van der Waals surface area contributed by atoms with Crippen molar-refractivity contribution in [2.24, 2.45) is 0 Å². The molecule has 100 valence electrons. The second kappa shape index (κ2) is 5.83. The number of benzene rings is 2. The van der Waals surface area contributed by atoms with Crippen molar-refractivity contribution < 1.29 is 8.78 Å². The minimum atomic E-state index is -0.559. The maximum Gasteiger partial charge on any atom is 0.130 e. The fourth-order valence-corrected chi connectivity index (χ4v) is 2.61. The lowest BCUT2D eigenvalue weighted by Gasteiger charge is -2.13. The summed E-state index contributed by atoms with van der Waals surface area (Å²) in [5, 5.41) is 0. The Labute approximate surface area is 120 Å². The molecule has 0 aliphatic rings. The van der Waals surface area contributed by atoms with Gasteiger partial charge in [-0.25, -0.2) is 8.78 Å². The summed E-state index contributed by atoms with van der Waals surface area (Å²) in [4.78, 5) is -0.269. The summed E-state index contributed by atoms with van der Waals surface area (Å²) in [6.45, 7) is 4.25. The van der Waals surface area contributed by atoms with Gasteiger partial charge >= 0.3 is 0 Å². The minimum Gasteiger partial charge on any atom is -0.207 e. The molecular formula is C16H15BrF2. The van der Waals surface area contributed by atoms with Crippen molar-refractivity contribution in [2.45, 2.75) is 24.6 Å². The van der Waals surface area contributed by atoms with Crippen LogP contribution in [0.3, 0.4) is 0 Å². The number of alkyl halides is 1. The first-order valence-electron chi connectivity index (χ1n) is 6.18. The lowest BCUT2D eigenvalue weighted by atomic mass is 9.98. The highest BCUT2D eigenvalue weighted by Gasteiger charge is 2.15. The molecule has 0 aliphatic carbocycles. The van der Waals surface area contributed by atoms with E-state index in [-0.39, 0.29) is 4.83 Å². The first-order valence-corrected chi connectivity index (χ1v) is 7.09. The predicted molar refractivity (Wildman–Crippen MR) is 77.7 cm³/mol. The summed E-state index contributed by atoms with van der Waals surface area (Å²) in [5.41, 5.74) is 2.64. The van der Waals surface area contributed by atoms with Gasteiger partial charge in [-0.15, -0.1) is 0 Å². The van der Waals surface area contributed by atoms with E-state index in [0.717, 1.165) is 11.6 Å². The average Bonchev–Trinajstić information content (AvgIpc) is 2.38. The molecule has 1 atom stereocenters. The Kier molecular flexibility index (Phi) is 4.35. The third kappa shape index (κ3) is 3.21. The van der Waals surface area contributed by atoms with E-state index in [2.05, 4.69) is 29.8 Å². The highest BCUT2D eigenvalue weighted by atomic mass is 79.9. The molecule has 0 aromatic heterocycles. The zero-order valence-electron chi connectivity index (χ0n) is 10.8. The molecule has 0 radical (unpaired) electrons. The molecule has 0 spiro atoms. The van der Waals surface area contributed by atoms with Gasteiger partial charge in [0.1, 0.15) is 11.6 Å². The van der Waals surface area contributed by atoms with Crippen LogP contribution in [0, 0.1) is 11.6 Å². The van der Waals surface area contributed by atoms with Gasteiger partial charge in [0.05, 0.1) is 4.83 Å². The lowest BCUT2D eigenvalue weighted by Crippen LogP contribution is -1.98. The van der Waals surface area contributed by atoms with Gasteiger partial charge < -0.3 is 0 Å². The van der Waals surface area contributed by atoms with E-state index in [0.29, 0.717) is 11.5 Å². The molecule has 0 saturated carbocycles. The Balaban J connectivity index is 2.30. The van der Waals surface area contributed by atoms with Gasteiger partial charge in [0.25, 0.3) is 0 Å². The van der Waals surface area contributed by atoms with Gasteiger partial charge in [-0.2, -0.15) is 0 Å². The molecule has 2 rings (SSSR count). The molecule has 0 aliphatic heterocycles. The highest BCUT2D eigenvalue weighted by molar-refractivity contribution is 9.09. The normalized spacial score (nSPS) is 12.7. The van der Waals surface area contributed by atoms with Crippen molar-refractivity contribution in [3.63, 3.8) is 0 Å². The number of hydrogen-bond donors (Lipinski definition) is 0. The SMILES string of the molecule is CC(C)c1ccc(C(Br)c2ccc(F)cc2F)cc1. The van der Waals surface area contributed by atoms with Crippen molar-refractivity contribution in [2.75, 3.05) is 0 Å². The standard InChI is InChI=1S/C16H15BrF2/c1-10(2)11-3-5-12(6-4-11)16(17)14-8-7-13(18)9-15(14)19/h3-10,16H,1-2H3. The monoisotopic (exact) mass is 324 g/mol. The predicted octanol–water partition coefficient (Wildman–Crippen LogP) is 5.57. The molecule has 2 aromatic carbocycles. The summed E-state index contributed by atoms with van der Waals surface area (Å²) < 4.78 is 26.6. The van der Waals surface area contributed by atoms with Gasteiger partial charge in [0.2, 0.25) is 0 Å². The van der Waals surface area contributed by atoms with E-state index in [1.54, 1.807) is 0 Å². The van der Waals surface area contributed by atoms with Crippen molar-refractivity contribution in [3.05, 3.63) is 70.8 Å². The van der Waals surface area contributed by atoms with Crippen molar-refractivity contribution in [3.8, 4) is 0 Å². The molecule has 1 unspecified atom stereocenters. The molecule has 3 heteroatoms. The van der Waals surface area contributed by atoms with Crippen molar-refractivity contribution in [1.29, 1.82) is 0 Å². The van der Waals surface area contributed by atoms with Gasteiger partial charge in [0.15, 0.2) is 0 Å². The van der Waals surface area contributed by atoms with Crippen LogP contribution in [0.15, 0.2) is 42.5 Å². The summed E-state index contributed by atoms with van der Waals surface area (Å²) in [6.07, 6.45) is 0. The molecule has 19 heavy (non-hydrogen) atoms. The molecule has 0 nitrogen and oxygen atoms in total. The van der Waals surface area contributed by atoms with Crippen LogP contribution in [-0.4, -0.2) is 0 Å². The topological polar surface area (TPSA) is 0 Å². The fraction of sp³-hybridized carbons (Fsp3) is 0.250. The van der Waals surface area contributed by atoms with E-state index < -0.39 is 11.6 Å². The van der Waals surface area contributed by atoms with Crippen molar-refractivity contribution >= 4 is 15.9 Å². The van der Waals surface area contributed by atoms with E-state index in [1.807, 2.05) is 24.3 Å². The van der Waals surface area contributed by atoms with Crippen LogP contribution >= 0.6 is 15.9 Å². The molecule has 0 amide bonds. The first-order chi connectivity index (χ1) is 8.99. The third-order valence-corrected chi connectivity index (χ3v) is 4.15. The van der Waals surface area contributed by atoms with E-state index in [9.17, 15) is 8.78 Å². The average molecular weight is 325 g/mol. The van der Waals surface area contributed by atoms with Gasteiger partial charge in [-0.1, -0.05) is 60.1 Å². The molecular weight excluding hydrogens is 310 g/mol. The van der Waals surface area contributed by atoms with Crippen LogP contribution in [0.5, 0.6) is 0 Å². The third-order valence-electron chi connectivity index (χ3n) is 3.13. The van der Waals surface area contributed by atoms with E-state index in [1.165, 1.54) is 17.7 Å². The number of halogens is 3. The minimum absolute atomic E-state index is 0.269. The van der Waals surface area contributed by atoms with Gasteiger partial charge in [0, 0.05) is 11.6 Å². The highest BCUT2D eigenvalue weighted by Crippen LogP contribution is 2.33. The Morgan fingerprint density at radius 2 is 1.47 bits per heavy atom.